The topological polar surface area (TPSA) is 41.1 Å². The summed E-state index contributed by atoms with van der Waals surface area (Å²) < 4.78 is 0. The van der Waals surface area contributed by atoms with Crippen LogP contribution in [0.15, 0.2) is 72.1 Å². The molecule has 0 unspecified atom stereocenters. The Morgan fingerprint density at radius 1 is 0.923 bits per heavy atom. The average molecular weight is 365 g/mol. The van der Waals surface area contributed by atoms with Crippen molar-refractivity contribution in [3.05, 3.63) is 88.1 Å². The fraction of sp³-hybridized carbons (Fsp3) is 0.227. The first kappa shape index (κ1) is 18.4. The number of hydrogen-bond donors (Lipinski definition) is 2. The van der Waals surface area contributed by atoms with Crippen molar-refractivity contribution in [3.8, 4) is 0 Å². The first-order valence-corrected chi connectivity index (χ1v) is 9.73. The highest BCUT2D eigenvalue weighted by molar-refractivity contribution is 7.10. The van der Waals surface area contributed by atoms with Crippen LogP contribution in [0.3, 0.4) is 0 Å². The van der Waals surface area contributed by atoms with Gasteiger partial charge in [-0.2, -0.15) is 0 Å². The summed E-state index contributed by atoms with van der Waals surface area (Å²) >= 11 is 1.70. The third kappa shape index (κ3) is 4.81. The number of carbonyl (C=O) groups is 1. The summed E-state index contributed by atoms with van der Waals surface area (Å²) in [6, 6.07) is 22.3. The minimum atomic E-state index is -0.0449. The molecule has 134 valence electrons. The lowest BCUT2D eigenvalue weighted by molar-refractivity contribution is -0.115. The van der Waals surface area contributed by atoms with Crippen LogP contribution in [-0.4, -0.2) is 12.5 Å². The first-order chi connectivity index (χ1) is 12.6. The van der Waals surface area contributed by atoms with Crippen LogP contribution in [0.2, 0.25) is 0 Å². The number of benzene rings is 2. The Morgan fingerprint density at radius 3 is 2.23 bits per heavy atom. The number of amides is 1. The second-order valence-corrected chi connectivity index (χ2v) is 7.54. The van der Waals surface area contributed by atoms with E-state index in [1.165, 1.54) is 16.0 Å². The van der Waals surface area contributed by atoms with Gasteiger partial charge in [0.05, 0.1) is 12.6 Å². The average Bonchev–Trinajstić information content (AvgIpc) is 3.17. The van der Waals surface area contributed by atoms with Crippen molar-refractivity contribution in [2.75, 3.05) is 11.9 Å². The maximum atomic E-state index is 12.3. The fourth-order valence-corrected chi connectivity index (χ4v) is 3.66. The van der Waals surface area contributed by atoms with E-state index in [9.17, 15) is 4.79 Å². The number of para-hydroxylation sites is 1. The van der Waals surface area contributed by atoms with Crippen molar-refractivity contribution in [2.45, 2.75) is 25.8 Å². The van der Waals surface area contributed by atoms with Gasteiger partial charge in [-0.25, -0.2) is 0 Å². The molecule has 0 fully saturated rings. The summed E-state index contributed by atoms with van der Waals surface area (Å²) in [4.78, 5) is 13.5. The smallest absolute Gasteiger partial charge is 0.238 e. The zero-order valence-corrected chi connectivity index (χ0v) is 15.9. The second kappa shape index (κ2) is 8.79. The zero-order valence-electron chi connectivity index (χ0n) is 15.1. The molecule has 0 saturated carbocycles. The van der Waals surface area contributed by atoms with Gasteiger partial charge in [-0.1, -0.05) is 62.4 Å². The predicted molar refractivity (Wildman–Crippen MR) is 110 cm³/mol. The molecule has 0 radical (unpaired) electrons. The number of thiophene rings is 1. The molecular formula is C22H24N2OS. The van der Waals surface area contributed by atoms with Crippen molar-refractivity contribution in [3.63, 3.8) is 0 Å². The maximum Gasteiger partial charge on any atom is 0.238 e. The summed E-state index contributed by atoms with van der Waals surface area (Å²) in [7, 11) is 0. The van der Waals surface area contributed by atoms with Crippen LogP contribution in [0.25, 0.3) is 0 Å². The molecule has 1 amide bonds. The molecule has 0 aliphatic carbocycles. The van der Waals surface area contributed by atoms with E-state index in [4.69, 9.17) is 0 Å². The minimum Gasteiger partial charge on any atom is -0.325 e. The van der Waals surface area contributed by atoms with Gasteiger partial charge >= 0.3 is 0 Å². The van der Waals surface area contributed by atoms with Crippen LogP contribution in [0, 0.1) is 0 Å². The summed E-state index contributed by atoms with van der Waals surface area (Å²) in [6.45, 7) is 4.64. The van der Waals surface area contributed by atoms with Gasteiger partial charge in [-0.15, -0.1) is 11.3 Å². The minimum absolute atomic E-state index is 0.0118. The largest absolute Gasteiger partial charge is 0.325 e. The Bertz CT molecular complexity index is 811. The van der Waals surface area contributed by atoms with Gasteiger partial charge in [0.15, 0.2) is 0 Å². The Labute approximate surface area is 159 Å². The molecular weight excluding hydrogens is 340 g/mol. The molecule has 2 N–H and O–H groups in total. The van der Waals surface area contributed by atoms with Crippen molar-refractivity contribution >= 4 is 22.9 Å². The third-order valence-corrected chi connectivity index (χ3v) is 5.23. The lowest BCUT2D eigenvalue weighted by Crippen LogP contribution is -2.31. The molecule has 0 spiro atoms. The fourth-order valence-electron chi connectivity index (χ4n) is 2.83. The highest BCUT2D eigenvalue weighted by Crippen LogP contribution is 2.27. The molecule has 1 heterocycles. The van der Waals surface area contributed by atoms with E-state index in [1.54, 1.807) is 11.3 Å². The van der Waals surface area contributed by atoms with Crippen molar-refractivity contribution in [1.29, 1.82) is 0 Å². The van der Waals surface area contributed by atoms with Gasteiger partial charge < -0.3 is 5.32 Å². The van der Waals surface area contributed by atoms with Gasteiger partial charge in [-0.3, -0.25) is 10.1 Å². The Hall–Kier alpha value is -2.43. The maximum absolute atomic E-state index is 12.3. The van der Waals surface area contributed by atoms with Gasteiger partial charge in [-0.05, 0) is 40.6 Å². The predicted octanol–water partition coefficient (Wildman–Crippen LogP) is 5.19. The Kier molecular flexibility index (Phi) is 6.21. The van der Waals surface area contributed by atoms with E-state index in [0.29, 0.717) is 5.92 Å². The van der Waals surface area contributed by atoms with Gasteiger partial charge in [0, 0.05) is 10.6 Å². The number of hydrogen-bond acceptors (Lipinski definition) is 3. The summed E-state index contributed by atoms with van der Waals surface area (Å²) in [5, 5.41) is 8.39. The van der Waals surface area contributed by atoms with Gasteiger partial charge in [0.25, 0.3) is 0 Å². The van der Waals surface area contributed by atoms with Crippen LogP contribution in [0.1, 0.15) is 41.8 Å². The molecule has 3 rings (SSSR count). The Balaban J connectivity index is 1.70. The van der Waals surface area contributed by atoms with Crippen LogP contribution < -0.4 is 10.6 Å². The second-order valence-electron chi connectivity index (χ2n) is 6.56. The van der Waals surface area contributed by atoms with Gasteiger partial charge in [0.2, 0.25) is 5.91 Å². The van der Waals surface area contributed by atoms with E-state index in [1.807, 2.05) is 36.4 Å². The lowest BCUT2D eigenvalue weighted by atomic mass is 9.98. The molecule has 3 nitrogen and oxygen atoms in total. The lowest BCUT2D eigenvalue weighted by Gasteiger charge is -2.19. The van der Waals surface area contributed by atoms with Crippen LogP contribution in [0.4, 0.5) is 5.69 Å². The van der Waals surface area contributed by atoms with E-state index in [0.717, 1.165) is 5.69 Å². The normalized spacial score (nSPS) is 12.1. The molecule has 3 aromatic rings. The third-order valence-electron chi connectivity index (χ3n) is 4.29. The van der Waals surface area contributed by atoms with E-state index in [2.05, 4.69) is 60.2 Å². The molecule has 0 aliphatic rings. The SMILES string of the molecule is CC(C)c1ccc([C@H](NCC(=O)Nc2ccccc2)c2cccs2)cc1. The van der Waals surface area contributed by atoms with Crippen LogP contribution in [-0.2, 0) is 4.79 Å². The standard InChI is InChI=1S/C22H24N2OS/c1-16(2)17-10-12-18(13-11-17)22(20-9-6-14-26-20)23-15-21(25)24-19-7-4-3-5-8-19/h3-14,16,22-23H,15H2,1-2H3,(H,24,25)/t22-/m0/s1. The number of rotatable bonds is 7. The van der Waals surface area contributed by atoms with Crippen molar-refractivity contribution < 1.29 is 4.79 Å². The molecule has 2 aromatic carbocycles. The summed E-state index contributed by atoms with van der Waals surface area (Å²) in [5.41, 5.74) is 3.30. The zero-order chi connectivity index (χ0) is 18.4. The van der Waals surface area contributed by atoms with E-state index >= 15 is 0 Å². The molecule has 0 aliphatic heterocycles. The van der Waals surface area contributed by atoms with E-state index < -0.39 is 0 Å². The van der Waals surface area contributed by atoms with Crippen LogP contribution in [0.5, 0.6) is 0 Å². The summed E-state index contributed by atoms with van der Waals surface area (Å²) in [5.74, 6) is 0.463. The molecule has 0 bridgehead atoms. The number of nitrogens with one attached hydrogen (secondary N) is 2. The van der Waals surface area contributed by atoms with Gasteiger partial charge in [0.1, 0.15) is 0 Å². The highest BCUT2D eigenvalue weighted by atomic mass is 32.1. The molecule has 1 aromatic heterocycles. The molecule has 0 saturated heterocycles. The van der Waals surface area contributed by atoms with Crippen LogP contribution >= 0.6 is 11.3 Å². The molecule has 1 atom stereocenters. The monoisotopic (exact) mass is 364 g/mol. The first-order valence-electron chi connectivity index (χ1n) is 8.85. The summed E-state index contributed by atoms with van der Waals surface area (Å²) in [6.07, 6.45) is 0. The molecule has 4 heteroatoms. The highest BCUT2D eigenvalue weighted by Gasteiger charge is 2.16. The quantitative estimate of drug-likeness (QED) is 0.606. The van der Waals surface area contributed by atoms with Crippen molar-refractivity contribution in [1.82, 2.24) is 5.32 Å². The molecule has 26 heavy (non-hydrogen) atoms. The number of carbonyl (C=O) groups excluding carboxylic acids is 1. The Morgan fingerprint density at radius 2 is 1.62 bits per heavy atom. The number of anilines is 1. The van der Waals surface area contributed by atoms with Crippen molar-refractivity contribution in [2.24, 2.45) is 0 Å². The van der Waals surface area contributed by atoms with E-state index in [-0.39, 0.29) is 18.5 Å².